The standard InChI is InChI=1S/C42H46N4O10/c1-5-51-33-19-17-31(49-3)27-35(33)53-37(25-29-13-9-7-10-14-29)39-43-21-23-45(39)55-41(47)42(48)56-46-24-22-44-40(46)38(26-30-15-11-8-12-16-30)54-36-28-32(50-4)18-20-34(36)52-6-2/h7-20,27-28,37-38H,5-6,21-26H2,1-4H3. The van der Waals surface area contributed by atoms with E-state index in [1.807, 2.05) is 74.5 Å². The Morgan fingerprint density at radius 2 is 1.00 bits per heavy atom. The highest BCUT2D eigenvalue weighted by atomic mass is 16.8. The van der Waals surface area contributed by atoms with Crippen LogP contribution >= 0.6 is 0 Å². The molecule has 0 bridgehead atoms. The molecular formula is C42H46N4O10. The zero-order valence-corrected chi connectivity index (χ0v) is 31.9. The summed E-state index contributed by atoms with van der Waals surface area (Å²) in [5, 5.41) is 2.55. The Balaban J connectivity index is 1.18. The van der Waals surface area contributed by atoms with Gasteiger partial charge in [-0.25, -0.2) is 9.59 Å². The number of benzene rings is 4. The molecule has 0 aliphatic carbocycles. The highest BCUT2D eigenvalue weighted by Crippen LogP contribution is 2.35. The van der Waals surface area contributed by atoms with Gasteiger partial charge in [0, 0.05) is 25.0 Å². The number of methoxy groups -OCH3 is 2. The first kappa shape index (κ1) is 39.3. The Morgan fingerprint density at radius 3 is 1.38 bits per heavy atom. The topological polar surface area (TPSA) is 139 Å². The fraction of sp³-hybridized carbons (Fsp3) is 0.333. The highest BCUT2D eigenvalue weighted by Gasteiger charge is 2.37. The van der Waals surface area contributed by atoms with E-state index >= 15 is 0 Å². The molecule has 6 rings (SSSR count). The van der Waals surface area contributed by atoms with Gasteiger partial charge in [-0.2, -0.15) is 10.1 Å². The van der Waals surface area contributed by atoms with Gasteiger partial charge in [0.1, 0.15) is 11.5 Å². The summed E-state index contributed by atoms with van der Waals surface area (Å²) in [6.07, 6.45) is -0.728. The van der Waals surface area contributed by atoms with Gasteiger partial charge in [0.25, 0.3) is 0 Å². The van der Waals surface area contributed by atoms with Crippen molar-refractivity contribution in [3.63, 3.8) is 0 Å². The summed E-state index contributed by atoms with van der Waals surface area (Å²) in [5.41, 5.74) is 1.91. The predicted molar refractivity (Wildman–Crippen MR) is 208 cm³/mol. The molecule has 2 aliphatic rings. The number of carbonyl (C=O) groups is 2. The zero-order chi connectivity index (χ0) is 39.3. The van der Waals surface area contributed by atoms with Gasteiger partial charge in [-0.15, -0.1) is 0 Å². The van der Waals surface area contributed by atoms with Gasteiger partial charge >= 0.3 is 11.9 Å². The molecule has 0 amide bonds. The molecule has 0 spiro atoms. The van der Waals surface area contributed by atoms with E-state index in [0.717, 1.165) is 11.1 Å². The number of ether oxygens (including phenoxy) is 6. The molecule has 0 N–H and O–H groups in total. The Labute approximate surface area is 326 Å². The summed E-state index contributed by atoms with van der Waals surface area (Å²) in [4.78, 5) is 47.5. The minimum absolute atomic E-state index is 0.200. The fourth-order valence-electron chi connectivity index (χ4n) is 6.18. The molecule has 0 radical (unpaired) electrons. The molecule has 0 saturated carbocycles. The van der Waals surface area contributed by atoms with Crippen molar-refractivity contribution >= 4 is 23.6 Å². The van der Waals surface area contributed by atoms with E-state index in [9.17, 15) is 9.59 Å². The first-order chi connectivity index (χ1) is 27.4. The average molecular weight is 767 g/mol. The molecule has 56 heavy (non-hydrogen) atoms. The van der Waals surface area contributed by atoms with Crippen LogP contribution in [-0.2, 0) is 32.1 Å². The van der Waals surface area contributed by atoms with Gasteiger partial charge in [0.15, 0.2) is 46.9 Å². The lowest BCUT2D eigenvalue weighted by atomic mass is 10.1. The van der Waals surface area contributed by atoms with Crippen molar-refractivity contribution in [2.45, 2.75) is 38.9 Å². The Hall–Kier alpha value is -6.44. The normalized spacial score (nSPS) is 14.6. The van der Waals surface area contributed by atoms with Gasteiger partial charge < -0.3 is 38.1 Å². The molecule has 0 fully saturated rings. The second-order valence-electron chi connectivity index (χ2n) is 12.5. The molecule has 2 unspecified atom stereocenters. The third kappa shape index (κ3) is 10.00. The quantitative estimate of drug-likeness (QED) is 0.118. The van der Waals surface area contributed by atoms with E-state index in [1.165, 1.54) is 10.1 Å². The average Bonchev–Trinajstić information content (AvgIpc) is 3.89. The highest BCUT2D eigenvalue weighted by molar-refractivity contribution is 6.29. The molecule has 14 heteroatoms. The monoisotopic (exact) mass is 766 g/mol. The molecule has 4 aromatic carbocycles. The minimum Gasteiger partial charge on any atom is -0.497 e. The lowest BCUT2D eigenvalue weighted by molar-refractivity contribution is -0.199. The summed E-state index contributed by atoms with van der Waals surface area (Å²) in [6, 6.07) is 29.9. The molecule has 2 aliphatic heterocycles. The van der Waals surface area contributed by atoms with E-state index < -0.39 is 24.1 Å². The molecule has 0 aromatic heterocycles. The van der Waals surface area contributed by atoms with E-state index in [-0.39, 0.29) is 13.1 Å². The molecule has 14 nitrogen and oxygen atoms in total. The number of rotatable bonds is 18. The van der Waals surface area contributed by atoms with E-state index in [0.29, 0.717) is 85.3 Å². The van der Waals surface area contributed by atoms with Crippen LogP contribution in [0.25, 0.3) is 0 Å². The van der Waals surface area contributed by atoms with Gasteiger partial charge in [-0.05, 0) is 49.2 Å². The number of aliphatic imine (C=N–C) groups is 2. The van der Waals surface area contributed by atoms with Gasteiger partial charge in [0.05, 0.1) is 53.6 Å². The van der Waals surface area contributed by atoms with E-state index in [4.69, 9.17) is 38.1 Å². The smallest absolute Gasteiger partial charge is 0.444 e. The number of hydroxylamine groups is 4. The molecular weight excluding hydrogens is 720 g/mol. The Morgan fingerprint density at radius 1 is 0.589 bits per heavy atom. The fourth-order valence-corrected chi connectivity index (χ4v) is 6.18. The maximum Gasteiger partial charge on any atom is 0.444 e. The summed E-state index contributed by atoms with van der Waals surface area (Å²) in [5.74, 6) is 1.16. The third-order valence-corrected chi connectivity index (χ3v) is 8.76. The van der Waals surface area contributed by atoms with Crippen LogP contribution in [0, 0.1) is 0 Å². The molecule has 2 heterocycles. The second kappa shape index (κ2) is 19.2. The van der Waals surface area contributed by atoms with Crippen molar-refractivity contribution in [1.82, 2.24) is 10.1 Å². The molecule has 294 valence electrons. The van der Waals surface area contributed by atoms with Crippen LogP contribution < -0.4 is 28.4 Å². The third-order valence-electron chi connectivity index (χ3n) is 8.76. The summed E-state index contributed by atoms with van der Waals surface area (Å²) < 4.78 is 35.7. The molecule has 4 aromatic rings. The van der Waals surface area contributed by atoms with Crippen LogP contribution in [0.3, 0.4) is 0 Å². The Kier molecular flexibility index (Phi) is 13.5. The van der Waals surface area contributed by atoms with Crippen molar-refractivity contribution in [3.8, 4) is 34.5 Å². The van der Waals surface area contributed by atoms with Crippen molar-refractivity contribution in [2.24, 2.45) is 9.98 Å². The first-order valence-corrected chi connectivity index (χ1v) is 18.5. The minimum atomic E-state index is -1.24. The molecule has 2 atom stereocenters. The van der Waals surface area contributed by atoms with Crippen LogP contribution in [0.2, 0.25) is 0 Å². The zero-order valence-electron chi connectivity index (χ0n) is 31.9. The first-order valence-electron chi connectivity index (χ1n) is 18.5. The summed E-state index contributed by atoms with van der Waals surface area (Å²) >= 11 is 0. The summed E-state index contributed by atoms with van der Waals surface area (Å²) in [7, 11) is 3.13. The number of hydrogen-bond acceptors (Lipinski definition) is 14. The number of hydrogen-bond donors (Lipinski definition) is 0. The van der Waals surface area contributed by atoms with Gasteiger partial charge in [0.2, 0.25) is 0 Å². The van der Waals surface area contributed by atoms with Gasteiger partial charge in [-0.1, -0.05) is 60.7 Å². The SMILES string of the molecule is CCOc1ccc(OC)cc1OC(Cc1ccccc1)C1=NCCN1OC(=O)C(=O)ON1CCN=C1C(Cc1ccccc1)Oc1cc(OC)ccc1OCC. The summed E-state index contributed by atoms with van der Waals surface area (Å²) in [6.45, 7) is 5.59. The van der Waals surface area contributed by atoms with Crippen LogP contribution in [0.15, 0.2) is 107 Å². The number of amidine groups is 2. The van der Waals surface area contributed by atoms with Crippen LogP contribution in [0.4, 0.5) is 0 Å². The maximum atomic E-state index is 13.4. The van der Waals surface area contributed by atoms with Crippen LogP contribution in [-0.4, -0.2) is 99.6 Å². The van der Waals surface area contributed by atoms with Crippen molar-refractivity contribution < 1.29 is 47.7 Å². The van der Waals surface area contributed by atoms with E-state index in [1.54, 1.807) is 50.6 Å². The largest absolute Gasteiger partial charge is 0.497 e. The lowest BCUT2D eigenvalue weighted by Crippen LogP contribution is -2.45. The predicted octanol–water partition coefficient (Wildman–Crippen LogP) is 5.53. The van der Waals surface area contributed by atoms with Crippen LogP contribution in [0.1, 0.15) is 25.0 Å². The maximum absolute atomic E-state index is 13.4. The van der Waals surface area contributed by atoms with Crippen molar-refractivity contribution in [3.05, 3.63) is 108 Å². The number of nitrogens with zero attached hydrogens (tertiary/aromatic N) is 4. The van der Waals surface area contributed by atoms with Crippen molar-refractivity contribution in [1.29, 1.82) is 0 Å². The number of carbonyl (C=O) groups excluding carboxylic acids is 2. The van der Waals surface area contributed by atoms with Crippen molar-refractivity contribution in [2.75, 3.05) is 53.6 Å². The Bertz CT molecular complexity index is 1850. The van der Waals surface area contributed by atoms with E-state index in [2.05, 4.69) is 9.98 Å². The lowest BCUT2D eigenvalue weighted by Gasteiger charge is -2.28. The second-order valence-corrected chi connectivity index (χ2v) is 12.5. The van der Waals surface area contributed by atoms with Crippen LogP contribution in [0.5, 0.6) is 34.5 Å². The molecule has 0 saturated heterocycles. The van der Waals surface area contributed by atoms with Gasteiger partial charge in [-0.3, -0.25) is 9.98 Å².